The zero-order chi connectivity index (χ0) is 14.2. The van der Waals surface area contributed by atoms with Crippen LogP contribution in [0.25, 0.3) is 10.9 Å². The van der Waals surface area contributed by atoms with Crippen LogP contribution in [-0.4, -0.2) is 35.1 Å². The number of hydrogen-bond donors (Lipinski definition) is 1. The molecule has 2 bridgehead atoms. The third-order valence-corrected chi connectivity index (χ3v) is 5.17. The number of nitrogens with one attached hydrogen (secondary N) is 1. The quantitative estimate of drug-likeness (QED) is 0.937. The van der Waals surface area contributed by atoms with Crippen LogP contribution in [0.5, 0.6) is 0 Å². The average Bonchev–Trinajstić information content (AvgIpc) is 2.85. The maximum atomic E-state index is 4.40. The van der Waals surface area contributed by atoms with Gasteiger partial charge < -0.3 is 5.32 Å². The predicted molar refractivity (Wildman–Crippen MR) is 86.2 cm³/mol. The van der Waals surface area contributed by atoms with Gasteiger partial charge in [0.2, 0.25) is 0 Å². The lowest BCUT2D eigenvalue weighted by atomic mass is 9.98. The van der Waals surface area contributed by atoms with Crippen LogP contribution in [0.4, 0.5) is 0 Å². The van der Waals surface area contributed by atoms with Gasteiger partial charge in [0, 0.05) is 36.3 Å². The first-order valence-electron chi connectivity index (χ1n) is 8.08. The van der Waals surface area contributed by atoms with Gasteiger partial charge in [0.05, 0.1) is 5.52 Å². The first-order valence-corrected chi connectivity index (χ1v) is 8.08. The van der Waals surface area contributed by atoms with Crippen molar-refractivity contribution >= 4 is 10.9 Å². The Morgan fingerprint density at radius 2 is 2.00 bits per heavy atom. The Morgan fingerprint density at radius 3 is 2.81 bits per heavy atom. The summed E-state index contributed by atoms with van der Waals surface area (Å²) in [5, 5.41) is 4.97. The maximum Gasteiger partial charge on any atom is 0.0702 e. The molecule has 0 aliphatic carbocycles. The molecule has 2 aromatic rings. The van der Waals surface area contributed by atoms with E-state index in [1.165, 1.54) is 36.6 Å². The van der Waals surface area contributed by atoms with Gasteiger partial charge in [0.1, 0.15) is 0 Å². The molecule has 0 radical (unpaired) electrons. The Hall–Kier alpha value is -1.45. The largest absolute Gasteiger partial charge is 0.311 e. The van der Waals surface area contributed by atoms with Crippen molar-refractivity contribution in [2.75, 3.05) is 7.05 Å². The number of pyridine rings is 1. The van der Waals surface area contributed by atoms with Crippen LogP contribution in [-0.2, 0) is 6.54 Å². The minimum Gasteiger partial charge on any atom is -0.311 e. The summed E-state index contributed by atoms with van der Waals surface area (Å²) in [6.45, 7) is 1.04. The number of rotatable bonds is 3. The van der Waals surface area contributed by atoms with Crippen LogP contribution in [0.1, 0.15) is 31.2 Å². The van der Waals surface area contributed by atoms with Crippen molar-refractivity contribution in [2.24, 2.45) is 0 Å². The van der Waals surface area contributed by atoms with E-state index in [2.05, 4.69) is 46.5 Å². The van der Waals surface area contributed by atoms with Gasteiger partial charge in [0.15, 0.2) is 0 Å². The number of aromatic nitrogens is 1. The Balaban J connectivity index is 1.48. The van der Waals surface area contributed by atoms with Gasteiger partial charge in [0.25, 0.3) is 0 Å². The van der Waals surface area contributed by atoms with Crippen molar-refractivity contribution in [1.82, 2.24) is 15.2 Å². The lowest BCUT2D eigenvalue weighted by Crippen LogP contribution is -2.46. The van der Waals surface area contributed by atoms with E-state index in [4.69, 9.17) is 0 Å². The summed E-state index contributed by atoms with van der Waals surface area (Å²) in [5.74, 6) is 0. The topological polar surface area (TPSA) is 28.2 Å². The van der Waals surface area contributed by atoms with Gasteiger partial charge in [-0.1, -0.05) is 12.1 Å². The summed E-state index contributed by atoms with van der Waals surface area (Å²) in [6, 6.07) is 13.1. The fourth-order valence-corrected chi connectivity index (χ4v) is 4.03. The van der Waals surface area contributed by atoms with Gasteiger partial charge in [-0.05, 0) is 56.5 Å². The molecule has 0 saturated carbocycles. The smallest absolute Gasteiger partial charge is 0.0702 e. The molecule has 0 spiro atoms. The Labute approximate surface area is 126 Å². The van der Waals surface area contributed by atoms with Crippen LogP contribution in [0.3, 0.4) is 0 Å². The zero-order valence-electron chi connectivity index (χ0n) is 12.6. The van der Waals surface area contributed by atoms with Crippen molar-refractivity contribution in [2.45, 2.75) is 50.4 Å². The van der Waals surface area contributed by atoms with E-state index in [0.717, 1.165) is 30.2 Å². The van der Waals surface area contributed by atoms with Gasteiger partial charge in [-0.25, -0.2) is 0 Å². The minimum absolute atomic E-state index is 0.730. The second kappa shape index (κ2) is 5.39. The molecule has 2 atom stereocenters. The molecule has 0 amide bonds. The van der Waals surface area contributed by atoms with E-state index in [-0.39, 0.29) is 0 Å². The second-order valence-electron chi connectivity index (χ2n) is 6.71. The maximum absolute atomic E-state index is 4.40. The molecule has 3 nitrogen and oxygen atoms in total. The fraction of sp³-hybridized carbons (Fsp3) is 0.500. The van der Waals surface area contributed by atoms with E-state index in [0.29, 0.717) is 0 Å². The highest BCUT2D eigenvalue weighted by molar-refractivity contribution is 5.78. The molecule has 2 fully saturated rings. The first-order chi connectivity index (χ1) is 10.3. The van der Waals surface area contributed by atoms with Gasteiger partial charge in [-0.15, -0.1) is 0 Å². The van der Waals surface area contributed by atoms with E-state index < -0.39 is 0 Å². The van der Waals surface area contributed by atoms with Gasteiger partial charge in [-0.2, -0.15) is 0 Å². The summed E-state index contributed by atoms with van der Waals surface area (Å²) in [6.07, 6.45) is 7.22. The zero-order valence-corrected chi connectivity index (χ0v) is 12.6. The highest BCUT2D eigenvalue weighted by atomic mass is 15.2. The summed E-state index contributed by atoms with van der Waals surface area (Å²) < 4.78 is 0. The van der Waals surface area contributed by atoms with Crippen molar-refractivity contribution < 1.29 is 0 Å². The molecule has 110 valence electrons. The van der Waals surface area contributed by atoms with Crippen LogP contribution < -0.4 is 5.32 Å². The fourth-order valence-electron chi connectivity index (χ4n) is 4.03. The number of benzene rings is 1. The lowest BCUT2D eigenvalue weighted by Gasteiger charge is -2.35. The lowest BCUT2D eigenvalue weighted by molar-refractivity contribution is 0.166. The van der Waals surface area contributed by atoms with Gasteiger partial charge in [-0.3, -0.25) is 9.88 Å². The molecule has 3 heterocycles. The standard InChI is InChI=1S/C18H23N3/c1-21(17-10-15-5-6-16(11-17)20-15)12-13-4-7-18-14(9-13)3-2-8-19-18/h2-4,7-9,15-17,20H,5-6,10-12H2,1H3. The molecule has 2 saturated heterocycles. The van der Waals surface area contributed by atoms with Crippen molar-refractivity contribution in [3.63, 3.8) is 0 Å². The summed E-state index contributed by atoms with van der Waals surface area (Å²) in [4.78, 5) is 6.94. The van der Waals surface area contributed by atoms with Crippen molar-refractivity contribution in [3.05, 3.63) is 42.1 Å². The summed E-state index contributed by atoms with van der Waals surface area (Å²) >= 11 is 0. The summed E-state index contributed by atoms with van der Waals surface area (Å²) in [7, 11) is 2.28. The second-order valence-corrected chi connectivity index (χ2v) is 6.71. The molecule has 4 rings (SSSR count). The highest BCUT2D eigenvalue weighted by Gasteiger charge is 2.34. The normalized spacial score (nSPS) is 28.4. The first kappa shape index (κ1) is 13.2. The van der Waals surface area contributed by atoms with Crippen molar-refractivity contribution in [1.29, 1.82) is 0 Å². The van der Waals surface area contributed by atoms with E-state index >= 15 is 0 Å². The van der Waals surface area contributed by atoms with Crippen molar-refractivity contribution in [3.8, 4) is 0 Å². The summed E-state index contributed by atoms with van der Waals surface area (Å²) in [5.41, 5.74) is 2.48. The predicted octanol–water partition coefficient (Wildman–Crippen LogP) is 2.95. The third-order valence-electron chi connectivity index (χ3n) is 5.17. The van der Waals surface area contributed by atoms with Crippen LogP contribution in [0.15, 0.2) is 36.5 Å². The molecular formula is C18H23N3. The van der Waals surface area contributed by atoms with Crippen LogP contribution >= 0.6 is 0 Å². The molecule has 1 N–H and O–H groups in total. The van der Waals surface area contributed by atoms with Crippen LogP contribution in [0.2, 0.25) is 0 Å². The van der Waals surface area contributed by atoms with E-state index in [1.54, 1.807) is 0 Å². The molecule has 2 aliphatic heterocycles. The molecular weight excluding hydrogens is 258 g/mol. The number of fused-ring (bicyclic) bond motifs is 3. The highest BCUT2D eigenvalue weighted by Crippen LogP contribution is 2.30. The van der Waals surface area contributed by atoms with E-state index in [9.17, 15) is 0 Å². The van der Waals surface area contributed by atoms with E-state index in [1.807, 2.05) is 12.3 Å². The number of hydrogen-bond acceptors (Lipinski definition) is 3. The molecule has 2 aliphatic rings. The molecule has 1 aromatic carbocycles. The average molecular weight is 281 g/mol. The molecule has 3 heteroatoms. The minimum atomic E-state index is 0.730. The molecule has 21 heavy (non-hydrogen) atoms. The molecule has 1 aromatic heterocycles. The number of nitrogens with zero attached hydrogens (tertiary/aromatic N) is 2. The monoisotopic (exact) mass is 281 g/mol. The van der Waals surface area contributed by atoms with Gasteiger partial charge >= 0.3 is 0 Å². The Bertz CT molecular complexity index is 627. The Kier molecular flexibility index (Phi) is 3.40. The third kappa shape index (κ3) is 2.68. The van der Waals surface area contributed by atoms with Crippen LogP contribution in [0, 0.1) is 0 Å². The Morgan fingerprint density at radius 1 is 1.19 bits per heavy atom. The number of piperidine rings is 1. The SMILES string of the molecule is CN(Cc1ccc2ncccc2c1)C1CC2CCC(C1)N2. The molecule has 2 unspecified atom stereocenters.